The van der Waals surface area contributed by atoms with E-state index in [-0.39, 0.29) is 5.54 Å². The number of allylic oxidation sites excluding steroid dienone is 7. The molecular weight excluding hydrogens is 436 g/mol. The molecule has 1 N–H and O–H groups in total. The summed E-state index contributed by atoms with van der Waals surface area (Å²) in [4.78, 5) is 2.45. The Labute approximate surface area is 223 Å². The van der Waals surface area contributed by atoms with Gasteiger partial charge in [0.2, 0.25) is 0 Å². The fourth-order valence-corrected chi connectivity index (χ4v) is 5.11. The van der Waals surface area contributed by atoms with E-state index in [0.717, 1.165) is 6.42 Å². The van der Waals surface area contributed by atoms with Crippen LogP contribution in [0.15, 0.2) is 71.0 Å². The van der Waals surface area contributed by atoms with Crippen LogP contribution in [0.5, 0.6) is 0 Å². The topological polar surface area (TPSA) is 15.3 Å². The van der Waals surface area contributed by atoms with Crippen LogP contribution in [0.3, 0.4) is 0 Å². The molecule has 0 amide bonds. The van der Waals surface area contributed by atoms with Crippen molar-refractivity contribution >= 4 is 5.57 Å². The van der Waals surface area contributed by atoms with E-state index < -0.39 is 0 Å². The summed E-state index contributed by atoms with van der Waals surface area (Å²) in [6.45, 7) is 22.6. The zero-order valence-electron chi connectivity index (χ0n) is 25.0. The third-order valence-corrected chi connectivity index (χ3v) is 7.55. The van der Waals surface area contributed by atoms with Crippen molar-refractivity contribution in [2.75, 3.05) is 7.05 Å². The van der Waals surface area contributed by atoms with Crippen molar-refractivity contribution in [3.8, 4) is 0 Å². The van der Waals surface area contributed by atoms with Crippen molar-refractivity contribution < 1.29 is 0 Å². The van der Waals surface area contributed by atoms with Gasteiger partial charge in [0.05, 0.1) is 5.54 Å². The molecule has 1 aromatic rings. The summed E-state index contributed by atoms with van der Waals surface area (Å²) in [5, 5.41) is 3.54. The molecule has 1 aliphatic rings. The molecule has 0 saturated heterocycles. The molecule has 0 spiro atoms. The van der Waals surface area contributed by atoms with E-state index in [1.165, 1.54) is 63.8 Å². The average molecular weight is 489 g/mol. The molecular formula is C34H52N2. The highest BCUT2D eigenvalue weighted by molar-refractivity contribution is 5.81. The monoisotopic (exact) mass is 488 g/mol. The number of nitrogens with zero attached hydrogens (tertiary/aromatic N) is 1. The molecule has 36 heavy (non-hydrogen) atoms. The van der Waals surface area contributed by atoms with Crippen molar-refractivity contribution in [2.24, 2.45) is 0 Å². The highest BCUT2D eigenvalue weighted by Gasteiger charge is 2.25. The Kier molecular flexibility index (Phi) is 11.0. The van der Waals surface area contributed by atoms with Gasteiger partial charge in [-0.15, -0.1) is 0 Å². The summed E-state index contributed by atoms with van der Waals surface area (Å²) in [6, 6.07) is 7.87. The molecule has 0 aromatic heterocycles. The number of unbranched alkanes of at least 4 members (excludes halogenated alkanes) is 1. The third-order valence-electron chi connectivity index (χ3n) is 7.55. The van der Waals surface area contributed by atoms with E-state index in [9.17, 15) is 0 Å². The number of benzene rings is 1. The van der Waals surface area contributed by atoms with Crippen molar-refractivity contribution in [1.29, 1.82) is 0 Å². The smallest absolute Gasteiger partial charge is 0.0529 e. The van der Waals surface area contributed by atoms with Gasteiger partial charge < -0.3 is 10.2 Å². The van der Waals surface area contributed by atoms with Gasteiger partial charge in [-0.25, -0.2) is 0 Å². The average Bonchev–Trinajstić information content (AvgIpc) is 2.81. The second-order valence-electron chi connectivity index (χ2n) is 11.6. The predicted molar refractivity (Wildman–Crippen MR) is 161 cm³/mol. The van der Waals surface area contributed by atoms with Crippen molar-refractivity contribution in [3.63, 3.8) is 0 Å². The van der Waals surface area contributed by atoms with Crippen molar-refractivity contribution in [2.45, 2.75) is 113 Å². The zero-order chi connectivity index (χ0) is 27.0. The molecule has 0 aliphatic carbocycles. The molecule has 2 rings (SSSR count). The molecule has 1 heterocycles. The Bertz CT molecular complexity index is 1040. The lowest BCUT2D eigenvalue weighted by Crippen LogP contribution is -2.43. The summed E-state index contributed by atoms with van der Waals surface area (Å²) < 4.78 is 0. The first-order chi connectivity index (χ1) is 16.9. The minimum absolute atomic E-state index is 0.0547. The van der Waals surface area contributed by atoms with Gasteiger partial charge in [-0.1, -0.05) is 67.8 Å². The van der Waals surface area contributed by atoms with Gasteiger partial charge in [0.15, 0.2) is 0 Å². The Morgan fingerprint density at radius 3 is 2.36 bits per heavy atom. The minimum Gasteiger partial charge on any atom is -0.366 e. The molecule has 2 nitrogen and oxygen atoms in total. The first-order valence-electron chi connectivity index (χ1n) is 13.9. The maximum Gasteiger partial charge on any atom is 0.0529 e. The predicted octanol–water partition coefficient (Wildman–Crippen LogP) is 9.08. The molecule has 0 saturated carbocycles. The normalized spacial score (nSPS) is 21.7. The SMILES string of the molecule is CCCCC(C/C(C)=C/C(=C(C)/C1=C/C(C)=C/N(C(C)C)C(C)(C)/C=C\1)c1ccc(C)c(C)c1)NC. The van der Waals surface area contributed by atoms with E-state index >= 15 is 0 Å². The van der Waals surface area contributed by atoms with E-state index in [4.69, 9.17) is 0 Å². The number of nitrogens with one attached hydrogen (secondary N) is 1. The van der Waals surface area contributed by atoms with Crippen LogP contribution in [0.4, 0.5) is 0 Å². The Morgan fingerprint density at radius 2 is 1.78 bits per heavy atom. The van der Waals surface area contributed by atoms with E-state index in [2.05, 4.69) is 135 Å². The van der Waals surface area contributed by atoms with Crippen LogP contribution in [-0.4, -0.2) is 29.6 Å². The fourth-order valence-electron chi connectivity index (χ4n) is 5.11. The molecule has 0 bridgehead atoms. The highest BCUT2D eigenvalue weighted by atomic mass is 15.2. The first kappa shape index (κ1) is 29.9. The van der Waals surface area contributed by atoms with Gasteiger partial charge in [-0.3, -0.25) is 0 Å². The van der Waals surface area contributed by atoms with Gasteiger partial charge in [0.1, 0.15) is 0 Å². The number of hydrogen-bond acceptors (Lipinski definition) is 2. The molecule has 1 atom stereocenters. The quantitative estimate of drug-likeness (QED) is 0.330. The lowest BCUT2D eigenvalue weighted by Gasteiger charge is -2.40. The maximum atomic E-state index is 3.54. The first-order valence-corrected chi connectivity index (χ1v) is 13.9. The molecule has 1 unspecified atom stereocenters. The van der Waals surface area contributed by atoms with Crippen LogP contribution < -0.4 is 5.32 Å². The molecule has 0 radical (unpaired) electrons. The van der Waals surface area contributed by atoms with Gasteiger partial charge in [-0.2, -0.15) is 0 Å². The second kappa shape index (κ2) is 13.3. The van der Waals surface area contributed by atoms with Crippen molar-refractivity contribution in [3.05, 3.63) is 87.7 Å². The lowest BCUT2D eigenvalue weighted by atomic mass is 9.88. The maximum absolute atomic E-state index is 3.54. The van der Waals surface area contributed by atoms with E-state index in [1.54, 1.807) is 0 Å². The van der Waals surface area contributed by atoms with Crippen LogP contribution in [0.2, 0.25) is 0 Å². The molecule has 2 heteroatoms. The largest absolute Gasteiger partial charge is 0.366 e. The fraction of sp³-hybridized carbons (Fsp3) is 0.529. The minimum atomic E-state index is -0.0547. The molecule has 1 aliphatic heterocycles. The summed E-state index contributed by atoms with van der Waals surface area (Å²) >= 11 is 0. The molecule has 0 fully saturated rings. The number of hydrogen-bond donors (Lipinski definition) is 1. The van der Waals surface area contributed by atoms with Gasteiger partial charge in [-0.05, 0) is 121 Å². The standard InChI is InChI=1S/C34H52N2/c1-12-13-14-32(35-11)20-25(4)21-33(31-16-15-27(6)28(7)22-31)29(8)30-17-18-34(9,10)36(24(2)3)23-26(5)19-30/h15-19,21-24,32,35H,12-14,20H2,1-11H3/b18-17-,25-21+,26-23+,30-19+,33-29-. The summed E-state index contributed by atoms with van der Waals surface area (Å²) in [5.41, 5.74) is 10.6. The van der Waals surface area contributed by atoms with Crippen LogP contribution in [0.25, 0.3) is 5.57 Å². The summed E-state index contributed by atoms with van der Waals surface area (Å²) in [7, 11) is 2.10. The third kappa shape index (κ3) is 8.10. The lowest BCUT2D eigenvalue weighted by molar-refractivity contribution is 0.190. The van der Waals surface area contributed by atoms with Crippen LogP contribution >= 0.6 is 0 Å². The second-order valence-corrected chi connectivity index (χ2v) is 11.6. The van der Waals surface area contributed by atoms with Gasteiger partial charge in [0.25, 0.3) is 0 Å². The summed E-state index contributed by atoms with van der Waals surface area (Å²) in [6.07, 6.45) is 16.6. The van der Waals surface area contributed by atoms with Crippen LogP contribution in [0, 0.1) is 13.8 Å². The molecule has 198 valence electrons. The number of rotatable bonds is 10. The Hall–Kier alpha value is -2.32. The highest BCUT2D eigenvalue weighted by Crippen LogP contribution is 2.32. The molecule has 1 aromatic carbocycles. The van der Waals surface area contributed by atoms with Gasteiger partial charge in [0, 0.05) is 18.3 Å². The Balaban J connectivity index is 2.65. The summed E-state index contributed by atoms with van der Waals surface area (Å²) in [5.74, 6) is 0. The Morgan fingerprint density at radius 1 is 1.08 bits per heavy atom. The van der Waals surface area contributed by atoms with Crippen molar-refractivity contribution in [1.82, 2.24) is 10.2 Å². The van der Waals surface area contributed by atoms with E-state index in [1.807, 2.05) is 0 Å². The number of aryl methyl sites for hydroxylation is 2. The van der Waals surface area contributed by atoms with Crippen LogP contribution in [-0.2, 0) is 0 Å². The van der Waals surface area contributed by atoms with E-state index in [0.29, 0.717) is 12.1 Å². The zero-order valence-corrected chi connectivity index (χ0v) is 25.0. The van der Waals surface area contributed by atoms with Crippen LogP contribution in [0.1, 0.15) is 97.8 Å². The van der Waals surface area contributed by atoms with Gasteiger partial charge >= 0.3 is 0 Å².